The maximum atomic E-state index is 9.54. The molecular formula is C12H12N2O4. The number of phenols is 4. The third-order valence-corrected chi connectivity index (χ3v) is 2.33. The number of aromatic hydroxyl groups is 4. The molecule has 0 aliphatic carbocycles. The Labute approximate surface area is 103 Å². The molecule has 18 heavy (non-hydrogen) atoms. The number of rotatable bonds is 3. The molecule has 0 spiro atoms. The van der Waals surface area contributed by atoms with Crippen LogP contribution in [-0.4, -0.2) is 20.4 Å². The van der Waals surface area contributed by atoms with E-state index in [1.165, 1.54) is 30.3 Å². The predicted octanol–water partition coefficient (Wildman–Crippen LogP) is 1.95. The second-order valence-electron chi connectivity index (χ2n) is 3.62. The van der Waals surface area contributed by atoms with Crippen LogP contribution in [0.4, 0.5) is 11.4 Å². The Morgan fingerprint density at radius 2 is 1.44 bits per heavy atom. The van der Waals surface area contributed by atoms with Gasteiger partial charge in [0, 0.05) is 6.07 Å². The molecule has 0 saturated carbocycles. The maximum absolute atomic E-state index is 9.54. The van der Waals surface area contributed by atoms with E-state index in [-0.39, 0.29) is 34.4 Å². The highest BCUT2D eigenvalue weighted by Crippen LogP contribution is 2.33. The van der Waals surface area contributed by atoms with Crippen LogP contribution >= 0.6 is 0 Å². The molecule has 2 rings (SSSR count). The van der Waals surface area contributed by atoms with Crippen LogP contribution in [0.3, 0.4) is 0 Å². The molecule has 6 N–H and O–H groups in total. The molecule has 0 aliphatic heterocycles. The van der Waals surface area contributed by atoms with E-state index in [0.29, 0.717) is 0 Å². The van der Waals surface area contributed by atoms with Crippen LogP contribution in [0.1, 0.15) is 0 Å². The van der Waals surface area contributed by atoms with Gasteiger partial charge in [0.2, 0.25) is 0 Å². The van der Waals surface area contributed by atoms with E-state index in [2.05, 4.69) is 10.9 Å². The van der Waals surface area contributed by atoms with Gasteiger partial charge in [-0.25, -0.2) is 0 Å². The van der Waals surface area contributed by atoms with Crippen molar-refractivity contribution >= 4 is 11.4 Å². The van der Waals surface area contributed by atoms with Crippen LogP contribution in [0.2, 0.25) is 0 Å². The summed E-state index contributed by atoms with van der Waals surface area (Å²) in [5, 5.41) is 37.6. The molecule has 94 valence electrons. The summed E-state index contributed by atoms with van der Waals surface area (Å²) in [4.78, 5) is 0. The molecule has 2 aromatic rings. The Balaban J connectivity index is 2.16. The summed E-state index contributed by atoms with van der Waals surface area (Å²) in [6, 6.07) is 8.38. The van der Waals surface area contributed by atoms with Crippen LogP contribution in [0.15, 0.2) is 36.4 Å². The minimum absolute atomic E-state index is 0.0165. The second kappa shape index (κ2) is 4.62. The van der Waals surface area contributed by atoms with Crippen LogP contribution in [0, 0.1) is 0 Å². The van der Waals surface area contributed by atoms with Crippen LogP contribution in [-0.2, 0) is 0 Å². The quantitative estimate of drug-likeness (QED) is 0.282. The Morgan fingerprint density at radius 1 is 0.722 bits per heavy atom. The lowest BCUT2D eigenvalue weighted by atomic mass is 10.2. The van der Waals surface area contributed by atoms with Gasteiger partial charge in [-0.1, -0.05) is 6.07 Å². The monoisotopic (exact) mass is 248 g/mol. The smallest absolute Gasteiger partial charge is 0.182 e. The summed E-state index contributed by atoms with van der Waals surface area (Å²) in [5.41, 5.74) is 5.68. The first-order chi connectivity index (χ1) is 8.58. The summed E-state index contributed by atoms with van der Waals surface area (Å²) in [6.07, 6.45) is 0. The molecule has 2 aromatic carbocycles. The number of anilines is 2. The van der Waals surface area contributed by atoms with Gasteiger partial charge in [-0.05, 0) is 24.3 Å². The zero-order chi connectivity index (χ0) is 13.1. The number of hydrazine groups is 1. The molecular weight excluding hydrogens is 236 g/mol. The van der Waals surface area contributed by atoms with Gasteiger partial charge < -0.3 is 20.4 Å². The Hall–Kier alpha value is -2.76. The molecule has 0 bridgehead atoms. The van der Waals surface area contributed by atoms with Crippen molar-refractivity contribution in [3.05, 3.63) is 36.4 Å². The third kappa shape index (κ3) is 2.32. The van der Waals surface area contributed by atoms with Gasteiger partial charge in [-0.3, -0.25) is 10.9 Å². The third-order valence-electron chi connectivity index (χ3n) is 2.33. The Bertz CT molecular complexity index is 570. The fourth-order valence-electron chi connectivity index (χ4n) is 1.39. The molecule has 0 atom stereocenters. The van der Waals surface area contributed by atoms with Crippen molar-refractivity contribution in [2.75, 3.05) is 10.9 Å². The van der Waals surface area contributed by atoms with Crippen molar-refractivity contribution in [2.24, 2.45) is 0 Å². The summed E-state index contributed by atoms with van der Waals surface area (Å²) in [6.45, 7) is 0. The molecule has 0 amide bonds. The molecule has 0 aromatic heterocycles. The fourth-order valence-corrected chi connectivity index (χ4v) is 1.39. The van der Waals surface area contributed by atoms with Crippen molar-refractivity contribution < 1.29 is 20.4 Å². The molecule has 0 aliphatic rings. The fraction of sp³-hybridized carbons (Fsp3) is 0. The zero-order valence-electron chi connectivity index (χ0n) is 9.25. The van der Waals surface area contributed by atoms with Crippen LogP contribution in [0.25, 0.3) is 0 Å². The second-order valence-corrected chi connectivity index (χ2v) is 3.62. The Kier molecular flexibility index (Phi) is 3.01. The highest BCUT2D eigenvalue weighted by molar-refractivity contribution is 5.67. The summed E-state index contributed by atoms with van der Waals surface area (Å²) >= 11 is 0. The van der Waals surface area contributed by atoms with E-state index in [4.69, 9.17) is 0 Å². The molecule has 0 radical (unpaired) electrons. The lowest BCUT2D eigenvalue weighted by molar-refractivity contribution is 0.405. The van der Waals surface area contributed by atoms with E-state index in [9.17, 15) is 20.4 Å². The van der Waals surface area contributed by atoms with E-state index in [1.807, 2.05) is 0 Å². The molecule has 6 heteroatoms. The van der Waals surface area contributed by atoms with Crippen molar-refractivity contribution in [2.45, 2.75) is 0 Å². The van der Waals surface area contributed by atoms with E-state index < -0.39 is 0 Å². The number of phenolic OH excluding ortho intramolecular Hbond substituents is 4. The highest BCUT2D eigenvalue weighted by atomic mass is 16.3. The molecule has 0 saturated heterocycles. The van der Waals surface area contributed by atoms with Gasteiger partial charge >= 0.3 is 0 Å². The SMILES string of the molecule is Oc1ccc(O)c(NNc2cccc(O)c2O)c1. The van der Waals surface area contributed by atoms with Gasteiger partial charge in [-0.2, -0.15) is 0 Å². The lowest BCUT2D eigenvalue weighted by Crippen LogP contribution is -2.08. The minimum atomic E-state index is -0.315. The summed E-state index contributed by atoms with van der Waals surface area (Å²) < 4.78 is 0. The number of hydrogen-bond donors (Lipinski definition) is 6. The number of nitrogens with one attached hydrogen (secondary N) is 2. The van der Waals surface area contributed by atoms with Crippen molar-refractivity contribution in [1.29, 1.82) is 0 Å². The van der Waals surface area contributed by atoms with Gasteiger partial charge in [-0.15, -0.1) is 0 Å². The first-order valence-electron chi connectivity index (χ1n) is 5.13. The maximum Gasteiger partial charge on any atom is 0.182 e. The van der Waals surface area contributed by atoms with Crippen LogP contribution in [0.5, 0.6) is 23.0 Å². The lowest BCUT2D eigenvalue weighted by Gasteiger charge is -2.12. The Morgan fingerprint density at radius 3 is 2.22 bits per heavy atom. The highest BCUT2D eigenvalue weighted by Gasteiger charge is 2.06. The molecule has 0 fully saturated rings. The average Bonchev–Trinajstić information content (AvgIpc) is 2.35. The molecule has 0 heterocycles. The standard InChI is InChI=1S/C12H12N2O4/c15-7-4-5-10(16)9(6-7)14-13-8-2-1-3-11(17)12(8)18/h1-6,13-18H. The topological polar surface area (TPSA) is 105 Å². The zero-order valence-corrected chi connectivity index (χ0v) is 9.25. The first kappa shape index (κ1) is 11.7. The van der Waals surface area contributed by atoms with Gasteiger partial charge in [0.15, 0.2) is 11.5 Å². The number of para-hydroxylation sites is 1. The van der Waals surface area contributed by atoms with E-state index in [1.54, 1.807) is 6.07 Å². The number of benzene rings is 2. The van der Waals surface area contributed by atoms with E-state index >= 15 is 0 Å². The normalized spacial score (nSPS) is 10.0. The summed E-state index contributed by atoms with van der Waals surface area (Å²) in [7, 11) is 0. The van der Waals surface area contributed by atoms with Crippen molar-refractivity contribution in [1.82, 2.24) is 0 Å². The predicted molar refractivity (Wildman–Crippen MR) is 66.8 cm³/mol. The number of hydrogen-bond acceptors (Lipinski definition) is 6. The van der Waals surface area contributed by atoms with Crippen LogP contribution < -0.4 is 10.9 Å². The van der Waals surface area contributed by atoms with Gasteiger partial charge in [0.05, 0.1) is 11.4 Å². The molecule has 0 unspecified atom stereocenters. The molecule has 6 nitrogen and oxygen atoms in total. The summed E-state index contributed by atoms with van der Waals surface area (Å²) in [5.74, 6) is -0.663. The minimum Gasteiger partial charge on any atom is -0.508 e. The van der Waals surface area contributed by atoms with Gasteiger partial charge in [0.1, 0.15) is 11.5 Å². The van der Waals surface area contributed by atoms with Gasteiger partial charge in [0.25, 0.3) is 0 Å². The average molecular weight is 248 g/mol. The van der Waals surface area contributed by atoms with E-state index in [0.717, 1.165) is 0 Å². The first-order valence-corrected chi connectivity index (χ1v) is 5.13. The van der Waals surface area contributed by atoms with Crippen molar-refractivity contribution in [3.8, 4) is 23.0 Å². The largest absolute Gasteiger partial charge is 0.508 e. The van der Waals surface area contributed by atoms with Crippen molar-refractivity contribution in [3.63, 3.8) is 0 Å².